The lowest BCUT2D eigenvalue weighted by Gasteiger charge is -2.09. The van der Waals surface area contributed by atoms with Crippen LogP contribution in [0.5, 0.6) is 0 Å². The quantitative estimate of drug-likeness (QED) is 0.488. The van der Waals surface area contributed by atoms with Crippen molar-refractivity contribution < 1.29 is 18.3 Å². The minimum absolute atomic E-state index is 0.144. The monoisotopic (exact) mass is 381 g/mol. The zero-order chi connectivity index (χ0) is 19.7. The highest BCUT2D eigenvalue weighted by Crippen LogP contribution is 2.24. The minimum atomic E-state index is -0.754. The lowest BCUT2D eigenvalue weighted by atomic mass is 10.2. The second kappa shape index (κ2) is 7.18. The maximum absolute atomic E-state index is 13.0. The number of aryl methyl sites for hydroxylation is 1. The third kappa shape index (κ3) is 3.34. The van der Waals surface area contributed by atoms with Gasteiger partial charge in [-0.2, -0.15) is 0 Å². The zero-order valence-corrected chi connectivity index (χ0v) is 15.2. The predicted octanol–water partition coefficient (Wildman–Crippen LogP) is 3.56. The first-order chi connectivity index (χ1) is 13.5. The molecule has 0 radical (unpaired) electrons. The molecule has 0 unspecified atom stereocenters. The van der Waals surface area contributed by atoms with Crippen molar-refractivity contribution in [3.8, 4) is 11.5 Å². The fourth-order valence-corrected chi connectivity index (χ4v) is 2.72. The highest BCUT2D eigenvalue weighted by Gasteiger charge is 2.20. The van der Waals surface area contributed by atoms with Gasteiger partial charge in [0, 0.05) is 12.1 Å². The first-order valence-corrected chi connectivity index (χ1v) is 8.68. The van der Waals surface area contributed by atoms with Gasteiger partial charge in [-0.05, 0) is 56.3 Å². The van der Waals surface area contributed by atoms with Gasteiger partial charge < -0.3 is 9.15 Å². The summed E-state index contributed by atoms with van der Waals surface area (Å²) in [4.78, 5) is 12.5. The van der Waals surface area contributed by atoms with Gasteiger partial charge in [-0.25, -0.2) is 13.9 Å². The van der Waals surface area contributed by atoms with Gasteiger partial charge in [0.25, 0.3) is 5.89 Å². The molecular weight excluding hydrogens is 365 g/mol. The molecule has 28 heavy (non-hydrogen) atoms. The van der Waals surface area contributed by atoms with Crippen LogP contribution in [0, 0.1) is 5.82 Å². The second-order valence-electron chi connectivity index (χ2n) is 6.11. The lowest BCUT2D eigenvalue weighted by molar-refractivity contribution is 0.0280. The van der Waals surface area contributed by atoms with E-state index in [1.54, 1.807) is 29.8 Å². The Morgan fingerprint density at radius 2 is 1.96 bits per heavy atom. The largest absolute Gasteiger partial charge is 0.449 e. The van der Waals surface area contributed by atoms with Crippen molar-refractivity contribution >= 4 is 17.0 Å². The van der Waals surface area contributed by atoms with E-state index in [2.05, 4.69) is 20.5 Å². The number of carbonyl (C=O) groups excluding carboxylic acids is 1. The van der Waals surface area contributed by atoms with E-state index < -0.39 is 12.1 Å². The van der Waals surface area contributed by atoms with Crippen LogP contribution in [-0.4, -0.2) is 31.2 Å². The summed E-state index contributed by atoms with van der Waals surface area (Å²) in [7, 11) is 0. The normalized spacial score (nSPS) is 12.2. The summed E-state index contributed by atoms with van der Waals surface area (Å²) in [6.45, 7) is 4.28. The molecule has 4 rings (SSSR count). The number of hydrogen-bond acceptors (Lipinski definition) is 7. The summed E-state index contributed by atoms with van der Waals surface area (Å²) >= 11 is 0. The number of hydrogen-bond donors (Lipinski definition) is 0. The van der Waals surface area contributed by atoms with Crippen molar-refractivity contribution in [1.29, 1.82) is 0 Å². The Hall–Kier alpha value is -3.62. The molecule has 2 aromatic heterocycles. The predicted molar refractivity (Wildman–Crippen MR) is 96.7 cm³/mol. The Kier molecular flexibility index (Phi) is 4.56. The summed E-state index contributed by atoms with van der Waals surface area (Å²) in [5, 5.41) is 15.9. The van der Waals surface area contributed by atoms with Crippen LogP contribution in [0.4, 0.5) is 4.39 Å². The van der Waals surface area contributed by atoms with E-state index in [0.717, 1.165) is 5.52 Å². The molecular formula is C19H16FN5O3. The average molecular weight is 381 g/mol. The molecule has 0 spiro atoms. The van der Waals surface area contributed by atoms with Crippen LogP contribution in [-0.2, 0) is 11.3 Å². The van der Waals surface area contributed by atoms with E-state index in [4.69, 9.17) is 9.15 Å². The molecule has 9 heteroatoms. The van der Waals surface area contributed by atoms with Crippen molar-refractivity contribution in [2.75, 3.05) is 0 Å². The standard InChI is InChI=1S/C19H16FN5O3/c1-3-25-16-9-6-13(10-15(16)21-24-25)19(26)27-11(2)17-22-23-18(28-17)12-4-7-14(20)8-5-12/h4-11H,3H2,1-2H3/t11-/m0/s1. The summed E-state index contributed by atoms with van der Waals surface area (Å²) in [5.74, 6) is -0.537. The van der Waals surface area contributed by atoms with Gasteiger partial charge in [0.15, 0.2) is 6.10 Å². The molecule has 0 amide bonds. The third-order valence-electron chi connectivity index (χ3n) is 4.21. The molecule has 142 valence electrons. The number of carbonyl (C=O) groups is 1. The summed E-state index contributed by atoms with van der Waals surface area (Å²) < 4.78 is 25.7. The van der Waals surface area contributed by atoms with Crippen LogP contribution in [0.1, 0.15) is 36.2 Å². The van der Waals surface area contributed by atoms with E-state index in [0.29, 0.717) is 23.2 Å². The fourth-order valence-electron chi connectivity index (χ4n) is 2.72. The summed E-state index contributed by atoms with van der Waals surface area (Å²) in [6.07, 6.45) is -0.754. The van der Waals surface area contributed by atoms with Gasteiger partial charge in [-0.1, -0.05) is 5.21 Å². The SMILES string of the molecule is CCn1nnc2cc(C(=O)O[C@@H](C)c3nnc(-c4ccc(F)cc4)o3)ccc21. The van der Waals surface area contributed by atoms with E-state index in [1.165, 1.54) is 24.3 Å². The zero-order valence-electron chi connectivity index (χ0n) is 15.2. The highest BCUT2D eigenvalue weighted by molar-refractivity contribution is 5.93. The number of ether oxygens (including phenoxy) is 1. The Bertz CT molecular complexity index is 1140. The molecule has 0 aliphatic rings. The molecule has 0 fully saturated rings. The van der Waals surface area contributed by atoms with Crippen molar-refractivity contribution in [2.24, 2.45) is 0 Å². The Labute approximate surface area is 158 Å². The molecule has 0 N–H and O–H groups in total. The van der Waals surface area contributed by atoms with E-state index in [9.17, 15) is 9.18 Å². The molecule has 0 bridgehead atoms. The lowest BCUT2D eigenvalue weighted by Crippen LogP contribution is -2.09. The van der Waals surface area contributed by atoms with Gasteiger partial charge in [-0.3, -0.25) is 0 Å². The molecule has 8 nitrogen and oxygen atoms in total. The first-order valence-electron chi connectivity index (χ1n) is 8.68. The molecule has 0 aliphatic carbocycles. The van der Waals surface area contributed by atoms with Gasteiger partial charge in [0.1, 0.15) is 11.3 Å². The van der Waals surface area contributed by atoms with Gasteiger partial charge in [0.2, 0.25) is 5.89 Å². The van der Waals surface area contributed by atoms with Gasteiger partial charge in [0.05, 0.1) is 11.1 Å². The number of halogens is 1. The molecule has 2 aromatic carbocycles. The van der Waals surface area contributed by atoms with Crippen molar-refractivity contribution in [2.45, 2.75) is 26.5 Å². The Balaban J connectivity index is 1.49. The molecule has 0 aliphatic heterocycles. The van der Waals surface area contributed by atoms with Gasteiger partial charge in [-0.15, -0.1) is 15.3 Å². The summed E-state index contributed by atoms with van der Waals surface area (Å²) in [6, 6.07) is 10.7. The molecule has 0 saturated carbocycles. The van der Waals surface area contributed by atoms with E-state index in [1.807, 2.05) is 6.92 Å². The molecule has 0 saturated heterocycles. The van der Waals surface area contributed by atoms with Crippen molar-refractivity contribution in [1.82, 2.24) is 25.2 Å². The topological polar surface area (TPSA) is 95.9 Å². The van der Waals surface area contributed by atoms with Gasteiger partial charge >= 0.3 is 5.97 Å². The van der Waals surface area contributed by atoms with Crippen LogP contribution in [0.2, 0.25) is 0 Å². The number of aromatic nitrogens is 5. The smallest absolute Gasteiger partial charge is 0.338 e. The molecule has 4 aromatic rings. The molecule has 1 atom stereocenters. The van der Waals surface area contributed by atoms with Crippen molar-refractivity contribution in [3.05, 3.63) is 59.7 Å². The Morgan fingerprint density at radius 1 is 1.18 bits per heavy atom. The first kappa shape index (κ1) is 17.8. The number of nitrogens with zero attached hydrogens (tertiary/aromatic N) is 5. The number of fused-ring (bicyclic) bond motifs is 1. The van der Waals surface area contributed by atoms with Crippen LogP contribution >= 0.6 is 0 Å². The van der Waals surface area contributed by atoms with Crippen LogP contribution in [0.25, 0.3) is 22.5 Å². The average Bonchev–Trinajstić information content (AvgIpc) is 3.35. The molecule has 2 heterocycles. The fraction of sp³-hybridized carbons (Fsp3) is 0.211. The van der Waals surface area contributed by atoms with E-state index in [-0.39, 0.29) is 17.6 Å². The second-order valence-corrected chi connectivity index (χ2v) is 6.11. The summed E-state index contributed by atoms with van der Waals surface area (Å²) in [5.41, 5.74) is 2.37. The van der Waals surface area contributed by atoms with Crippen LogP contribution in [0.15, 0.2) is 46.9 Å². The van der Waals surface area contributed by atoms with E-state index >= 15 is 0 Å². The Morgan fingerprint density at radius 3 is 2.71 bits per heavy atom. The van der Waals surface area contributed by atoms with Crippen molar-refractivity contribution in [3.63, 3.8) is 0 Å². The maximum Gasteiger partial charge on any atom is 0.338 e. The number of esters is 1. The number of rotatable bonds is 5. The third-order valence-corrected chi connectivity index (χ3v) is 4.21. The number of benzene rings is 2. The maximum atomic E-state index is 13.0. The van der Waals surface area contributed by atoms with Crippen LogP contribution in [0.3, 0.4) is 0 Å². The van der Waals surface area contributed by atoms with Crippen LogP contribution < -0.4 is 0 Å². The highest BCUT2D eigenvalue weighted by atomic mass is 19.1. The minimum Gasteiger partial charge on any atom is -0.449 e.